The Morgan fingerprint density at radius 2 is 2.38 bits per heavy atom. The zero-order valence-electron chi connectivity index (χ0n) is 12.0. The van der Waals surface area contributed by atoms with Crippen molar-refractivity contribution in [3.63, 3.8) is 0 Å². The van der Waals surface area contributed by atoms with Gasteiger partial charge in [0, 0.05) is 36.9 Å². The lowest BCUT2D eigenvalue weighted by molar-refractivity contribution is -0.135. The molecular formula is C16H19N3OS. The summed E-state index contributed by atoms with van der Waals surface area (Å²) in [5, 5.41) is 5.40. The third-order valence-electron chi connectivity index (χ3n) is 3.94. The molecule has 1 aliphatic rings. The Bertz CT molecular complexity index is 585. The van der Waals surface area contributed by atoms with Gasteiger partial charge in [0.1, 0.15) is 0 Å². The molecule has 110 valence electrons. The van der Waals surface area contributed by atoms with E-state index in [1.807, 2.05) is 47.7 Å². The van der Waals surface area contributed by atoms with Gasteiger partial charge in [-0.15, -0.1) is 11.3 Å². The Kier molecular flexibility index (Phi) is 4.31. The zero-order valence-corrected chi connectivity index (χ0v) is 12.8. The summed E-state index contributed by atoms with van der Waals surface area (Å²) in [5.74, 6) is 0.120. The van der Waals surface area contributed by atoms with Crippen LogP contribution >= 0.6 is 11.3 Å². The van der Waals surface area contributed by atoms with E-state index in [4.69, 9.17) is 0 Å². The minimum Gasteiger partial charge on any atom is -0.332 e. The molecule has 2 atom stereocenters. The summed E-state index contributed by atoms with van der Waals surface area (Å²) in [6.07, 6.45) is 3.62. The first-order chi connectivity index (χ1) is 10.3. The predicted molar refractivity (Wildman–Crippen MR) is 84.3 cm³/mol. The molecule has 3 rings (SSSR count). The third kappa shape index (κ3) is 2.99. The number of pyridine rings is 1. The van der Waals surface area contributed by atoms with Crippen LogP contribution in [0.5, 0.6) is 0 Å². The SMILES string of the molecule is CC(C(=O)N1CCNCC1c1cccnc1)c1cccs1. The number of piperazine rings is 1. The number of nitrogens with zero attached hydrogens (tertiary/aromatic N) is 2. The predicted octanol–water partition coefficient (Wildman–Crippen LogP) is 2.42. The molecule has 2 aromatic rings. The van der Waals surface area contributed by atoms with E-state index in [0.29, 0.717) is 0 Å². The summed E-state index contributed by atoms with van der Waals surface area (Å²) in [6.45, 7) is 4.37. The van der Waals surface area contributed by atoms with Crippen LogP contribution in [0.1, 0.15) is 29.3 Å². The number of rotatable bonds is 3. The molecule has 4 nitrogen and oxygen atoms in total. The minimum absolute atomic E-state index is 0.0716. The molecule has 2 unspecified atom stereocenters. The summed E-state index contributed by atoms with van der Waals surface area (Å²) >= 11 is 1.64. The van der Waals surface area contributed by atoms with Crippen LogP contribution in [0.4, 0.5) is 0 Å². The van der Waals surface area contributed by atoms with Crippen LogP contribution in [-0.2, 0) is 4.79 Å². The van der Waals surface area contributed by atoms with Gasteiger partial charge in [0.25, 0.3) is 0 Å². The molecule has 1 amide bonds. The van der Waals surface area contributed by atoms with Crippen molar-refractivity contribution in [3.05, 3.63) is 52.5 Å². The van der Waals surface area contributed by atoms with Crippen molar-refractivity contribution in [2.45, 2.75) is 18.9 Å². The van der Waals surface area contributed by atoms with E-state index in [2.05, 4.69) is 10.3 Å². The number of nitrogens with one attached hydrogen (secondary N) is 1. The lowest BCUT2D eigenvalue weighted by Gasteiger charge is -2.37. The van der Waals surface area contributed by atoms with Crippen molar-refractivity contribution in [1.82, 2.24) is 15.2 Å². The molecule has 0 aromatic carbocycles. The number of carbonyl (C=O) groups excluding carboxylic acids is 1. The van der Waals surface area contributed by atoms with E-state index >= 15 is 0 Å². The highest BCUT2D eigenvalue weighted by Gasteiger charge is 2.31. The Morgan fingerprint density at radius 3 is 3.10 bits per heavy atom. The second-order valence-electron chi connectivity index (χ2n) is 5.28. The quantitative estimate of drug-likeness (QED) is 0.947. The first-order valence-electron chi connectivity index (χ1n) is 7.22. The fourth-order valence-electron chi connectivity index (χ4n) is 2.75. The van der Waals surface area contributed by atoms with E-state index < -0.39 is 0 Å². The molecular weight excluding hydrogens is 282 g/mol. The highest BCUT2D eigenvalue weighted by molar-refractivity contribution is 7.10. The smallest absolute Gasteiger partial charge is 0.231 e. The maximum atomic E-state index is 12.9. The Hall–Kier alpha value is -1.72. The maximum absolute atomic E-state index is 12.9. The van der Waals surface area contributed by atoms with Gasteiger partial charge in [0.2, 0.25) is 5.91 Å². The molecule has 1 fully saturated rings. The molecule has 0 aliphatic carbocycles. The fourth-order valence-corrected chi connectivity index (χ4v) is 3.52. The molecule has 3 heterocycles. The molecule has 1 aliphatic heterocycles. The highest BCUT2D eigenvalue weighted by atomic mass is 32.1. The van der Waals surface area contributed by atoms with Crippen molar-refractivity contribution in [2.24, 2.45) is 0 Å². The van der Waals surface area contributed by atoms with Crippen LogP contribution in [0.15, 0.2) is 42.0 Å². The van der Waals surface area contributed by atoms with E-state index in [9.17, 15) is 4.79 Å². The van der Waals surface area contributed by atoms with Gasteiger partial charge in [-0.3, -0.25) is 9.78 Å². The molecule has 1 N–H and O–H groups in total. The van der Waals surface area contributed by atoms with Gasteiger partial charge in [0.15, 0.2) is 0 Å². The van der Waals surface area contributed by atoms with Crippen LogP contribution < -0.4 is 5.32 Å². The molecule has 21 heavy (non-hydrogen) atoms. The van der Waals surface area contributed by atoms with Crippen LogP contribution in [0.25, 0.3) is 0 Å². The lowest BCUT2D eigenvalue weighted by atomic mass is 10.0. The summed E-state index contributed by atoms with van der Waals surface area (Å²) < 4.78 is 0. The normalized spacial score (nSPS) is 20.2. The second-order valence-corrected chi connectivity index (χ2v) is 6.25. The van der Waals surface area contributed by atoms with E-state index in [-0.39, 0.29) is 17.9 Å². The number of hydrogen-bond acceptors (Lipinski definition) is 4. The monoisotopic (exact) mass is 301 g/mol. The van der Waals surface area contributed by atoms with Crippen molar-refractivity contribution < 1.29 is 4.79 Å². The minimum atomic E-state index is -0.0812. The number of aromatic nitrogens is 1. The average molecular weight is 301 g/mol. The van der Waals surface area contributed by atoms with Crippen LogP contribution in [-0.4, -0.2) is 35.4 Å². The van der Waals surface area contributed by atoms with Crippen molar-refractivity contribution in [1.29, 1.82) is 0 Å². The largest absolute Gasteiger partial charge is 0.332 e. The van der Waals surface area contributed by atoms with Crippen molar-refractivity contribution >= 4 is 17.2 Å². The zero-order chi connectivity index (χ0) is 14.7. The summed E-state index contributed by atoms with van der Waals surface area (Å²) in [4.78, 5) is 20.2. The molecule has 5 heteroatoms. The summed E-state index contributed by atoms with van der Waals surface area (Å²) in [5.41, 5.74) is 1.09. The van der Waals surface area contributed by atoms with Gasteiger partial charge < -0.3 is 10.2 Å². The van der Waals surface area contributed by atoms with Crippen molar-refractivity contribution in [3.8, 4) is 0 Å². The topological polar surface area (TPSA) is 45.2 Å². The number of hydrogen-bond donors (Lipinski definition) is 1. The highest BCUT2D eigenvalue weighted by Crippen LogP contribution is 2.28. The molecule has 1 saturated heterocycles. The van der Waals surface area contributed by atoms with Gasteiger partial charge in [-0.1, -0.05) is 12.1 Å². The van der Waals surface area contributed by atoms with Gasteiger partial charge >= 0.3 is 0 Å². The molecule has 0 spiro atoms. The Labute approximate surface area is 128 Å². The van der Waals surface area contributed by atoms with Gasteiger partial charge in [-0.2, -0.15) is 0 Å². The Morgan fingerprint density at radius 1 is 1.48 bits per heavy atom. The van der Waals surface area contributed by atoms with Gasteiger partial charge in [0.05, 0.1) is 12.0 Å². The van der Waals surface area contributed by atoms with Gasteiger partial charge in [-0.05, 0) is 30.0 Å². The molecule has 0 radical (unpaired) electrons. The average Bonchev–Trinajstić information content (AvgIpc) is 3.09. The number of amides is 1. The third-order valence-corrected chi connectivity index (χ3v) is 4.99. The first kappa shape index (κ1) is 14.2. The lowest BCUT2D eigenvalue weighted by Crippen LogP contribution is -2.49. The van der Waals surface area contributed by atoms with Gasteiger partial charge in [-0.25, -0.2) is 0 Å². The standard InChI is InChI=1S/C16H19N3OS/c1-12(15-5-3-9-21-15)16(20)19-8-7-18-11-14(19)13-4-2-6-17-10-13/h2-6,9-10,12,14,18H,7-8,11H2,1H3. The van der Waals surface area contributed by atoms with Crippen LogP contribution in [0.3, 0.4) is 0 Å². The first-order valence-corrected chi connectivity index (χ1v) is 8.10. The van der Waals surface area contributed by atoms with E-state index in [1.165, 1.54) is 0 Å². The molecule has 2 aromatic heterocycles. The van der Waals surface area contributed by atoms with E-state index in [0.717, 1.165) is 30.1 Å². The second kappa shape index (κ2) is 6.37. The summed E-state index contributed by atoms with van der Waals surface area (Å²) in [7, 11) is 0. The number of carbonyl (C=O) groups is 1. The Balaban J connectivity index is 1.82. The summed E-state index contributed by atoms with van der Waals surface area (Å²) in [6, 6.07) is 8.08. The van der Waals surface area contributed by atoms with Crippen LogP contribution in [0, 0.1) is 0 Å². The molecule has 0 bridgehead atoms. The fraction of sp³-hybridized carbons (Fsp3) is 0.375. The van der Waals surface area contributed by atoms with Crippen molar-refractivity contribution in [2.75, 3.05) is 19.6 Å². The van der Waals surface area contributed by atoms with E-state index in [1.54, 1.807) is 17.5 Å². The van der Waals surface area contributed by atoms with Crippen LogP contribution in [0.2, 0.25) is 0 Å². The molecule has 0 saturated carbocycles. The number of thiophene rings is 1. The maximum Gasteiger partial charge on any atom is 0.231 e.